The van der Waals surface area contributed by atoms with Crippen molar-refractivity contribution >= 4 is 22.5 Å². The van der Waals surface area contributed by atoms with E-state index in [9.17, 15) is 4.79 Å². The van der Waals surface area contributed by atoms with Gasteiger partial charge in [-0.1, -0.05) is 12.1 Å². The Hall–Kier alpha value is -3.03. The molecule has 0 saturated carbocycles. The average Bonchev–Trinajstić information content (AvgIpc) is 3.10. The molecule has 2 aromatic heterocycles. The first-order valence-electron chi connectivity index (χ1n) is 11.2. The minimum atomic E-state index is 0.0418. The van der Waals surface area contributed by atoms with E-state index in [0.717, 1.165) is 30.7 Å². The van der Waals surface area contributed by atoms with Gasteiger partial charge in [0.2, 0.25) is 0 Å². The van der Waals surface area contributed by atoms with Gasteiger partial charge in [-0.2, -0.15) is 0 Å². The largest absolute Gasteiger partial charge is 0.379 e. The van der Waals surface area contributed by atoms with Crippen LogP contribution in [0.5, 0.6) is 0 Å². The van der Waals surface area contributed by atoms with Gasteiger partial charge in [-0.25, -0.2) is 4.98 Å². The molecule has 1 unspecified atom stereocenters. The summed E-state index contributed by atoms with van der Waals surface area (Å²) in [5.41, 5.74) is 1.92. The normalized spacial score (nSPS) is 19.7. The third kappa shape index (κ3) is 4.74. The summed E-state index contributed by atoms with van der Waals surface area (Å²) in [5, 5.41) is 2.33. The van der Waals surface area contributed by atoms with Crippen molar-refractivity contribution < 1.29 is 14.3 Å². The molecule has 2 saturated heterocycles. The van der Waals surface area contributed by atoms with Crippen molar-refractivity contribution in [3.8, 4) is 0 Å². The SMILES string of the molecule is O=C(c1ccnc(N2CCOCC2)c1)N1CCOCC(Cc2ccc3ccncc3c2)C1. The maximum absolute atomic E-state index is 13.4. The van der Waals surface area contributed by atoms with Gasteiger partial charge in [0.15, 0.2) is 0 Å². The van der Waals surface area contributed by atoms with Crippen LogP contribution in [-0.4, -0.2) is 73.4 Å². The fraction of sp³-hybridized carbons (Fsp3) is 0.400. The van der Waals surface area contributed by atoms with Crippen LogP contribution in [0.2, 0.25) is 0 Å². The summed E-state index contributed by atoms with van der Waals surface area (Å²) in [6.07, 6.45) is 6.30. The van der Waals surface area contributed by atoms with E-state index < -0.39 is 0 Å². The fourth-order valence-corrected chi connectivity index (χ4v) is 4.48. The molecule has 0 N–H and O–H groups in total. The fourth-order valence-electron chi connectivity index (χ4n) is 4.48. The molecule has 0 bridgehead atoms. The number of carbonyl (C=O) groups is 1. The van der Waals surface area contributed by atoms with Crippen molar-refractivity contribution in [1.29, 1.82) is 0 Å². The Morgan fingerprint density at radius 1 is 0.969 bits per heavy atom. The third-order valence-electron chi connectivity index (χ3n) is 6.18. The molecule has 1 atom stereocenters. The number of ether oxygens (including phenoxy) is 2. The highest BCUT2D eigenvalue weighted by molar-refractivity contribution is 5.95. The number of nitrogens with zero attached hydrogens (tertiary/aromatic N) is 4. The van der Waals surface area contributed by atoms with E-state index in [1.807, 2.05) is 35.5 Å². The molecule has 32 heavy (non-hydrogen) atoms. The highest BCUT2D eigenvalue weighted by Crippen LogP contribution is 2.21. The van der Waals surface area contributed by atoms with Crippen LogP contribution in [0, 0.1) is 5.92 Å². The Morgan fingerprint density at radius 3 is 2.75 bits per heavy atom. The Balaban J connectivity index is 1.29. The second kappa shape index (κ2) is 9.63. The second-order valence-corrected chi connectivity index (χ2v) is 8.46. The number of hydrogen-bond donors (Lipinski definition) is 0. The predicted octanol–water partition coefficient (Wildman–Crippen LogP) is 2.80. The predicted molar refractivity (Wildman–Crippen MR) is 123 cm³/mol. The van der Waals surface area contributed by atoms with Crippen LogP contribution < -0.4 is 4.90 Å². The standard InChI is InChI=1S/C25H28N4O3/c30-25(22-4-6-27-24(15-22)28-7-10-31-11-8-28)29-9-12-32-18-20(17-29)13-19-1-2-21-3-5-26-16-23(21)14-19/h1-6,14-16,20H,7-13,17-18H2. The summed E-state index contributed by atoms with van der Waals surface area (Å²) in [5.74, 6) is 1.13. The molecule has 2 aliphatic rings. The summed E-state index contributed by atoms with van der Waals surface area (Å²) >= 11 is 0. The first kappa shape index (κ1) is 20.8. The average molecular weight is 433 g/mol. The topological polar surface area (TPSA) is 67.8 Å². The lowest BCUT2D eigenvalue weighted by atomic mass is 9.97. The molecule has 5 rings (SSSR count). The lowest BCUT2D eigenvalue weighted by Crippen LogP contribution is -2.38. The van der Waals surface area contributed by atoms with Gasteiger partial charge in [-0.15, -0.1) is 0 Å². The quantitative estimate of drug-likeness (QED) is 0.632. The Bertz CT molecular complexity index is 1080. The van der Waals surface area contributed by atoms with Gasteiger partial charge in [-0.3, -0.25) is 9.78 Å². The van der Waals surface area contributed by atoms with Crippen LogP contribution in [0.25, 0.3) is 10.8 Å². The van der Waals surface area contributed by atoms with Crippen LogP contribution in [0.3, 0.4) is 0 Å². The maximum atomic E-state index is 13.4. The van der Waals surface area contributed by atoms with E-state index in [1.165, 1.54) is 10.9 Å². The van der Waals surface area contributed by atoms with Crippen molar-refractivity contribution in [2.24, 2.45) is 5.92 Å². The maximum Gasteiger partial charge on any atom is 0.254 e. The lowest BCUT2D eigenvalue weighted by molar-refractivity contribution is 0.0737. The Kier molecular flexibility index (Phi) is 6.27. The number of rotatable bonds is 4. The van der Waals surface area contributed by atoms with Gasteiger partial charge in [-0.05, 0) is 41.6 Å². The molecule has 0 aliphatic carbocycles. The molecule has 7 heteroatoms. The lowest BCUT2D eigenvalue weighted by Gasteiger charge is -2.28. The molecule has 2 fully saturated rings. The molecule has 0 spiro atoms. The molecule has 4 heterocycles. The van der Waals surface area contributed by atoms with Gasteiger partial charge in [0.25, 0.3) is 5.91 Å². The van der Waals surface area contributed by atoms with Crippen LogP contribution in [0.1, 0.15) is 15.9 Å². The number of aromatic nitrogens is 2. The second-order valence-electron chi connectivity index (χ2n) is 8.46. The van der Waals surface area contributed by atoms with Gasteiger partial charge in [0.1, 0.15) is 5.82 Å². The number of amides is 1. The van der Waals surface area contributed by atoms with Crippen molar-refractivity contribution in [2.45, 2.75) is 6.42 Å². The van der Waals surface area contributed by atoms with E-state index in [-0.39, 0.29) is 11.8 Å². The highest BCUT2D eigenvalue weighted by atomic mass is 16.5. The smallest absolute Gasteiger partial charge is 0.254 e. The molecule has 1 amide bonds. The number of anilines is 1. The molecule has 166 valence electrons. The van der Waals surface area contributed by atoms with Crippen molar-refractivity contribution in [3.63, 3.8) is 0 Å². The molecule has 1 aromatic carbocycles. The van der Waals surface area contributed by atoms with Crippen LogP contribution in [0.15, 0.2) is 55.0 Å². The summed E-state index contributed by atoms with van der Waals surface area (Å²) < 4.78 is 11.3. The Morgan fingerprint density at radius 2 is 1.84 bits per heavy atom. The zero-order valence-electron chi connectivity index (χ0n) is 18.2. The van der Waals surface area contributed by atoms with Gasteiger partial charge < -0.3 is 19.3 Å². The third-order valence-corrected chi connectivity index (χ3v) is 6.18. The van der Waals surface area contributed by atoms with Gasteiger partial charge >= 0.3 is 0 Å². The minimum Gasteiger partial charge on any atom is -0.379 e. The number of carbonyl (C=O) groups excluding carboxylic acids is 1. The molecule has 7 nitrogen and oxygen atoms in total. The van der Waals surface area contributed by atoms with E-state index in [2.05, 4.69) is 33.1 Å². The summed E-state index contributed by atoms with van der Waals surface area (Å²) in [4.78, 5) is 26.2. The number of morpholine rings is 1. The van der Waals surface area contributed by atoms with Crippen LogP contribution >= 0.6 is 0 Å². The zero-order chi connectivity index (χ0) is 21.8. The molecule has 0 radical (unpaired) electrons. The molecule has 3 aromatic rings. The monoisotopic (exact) mass is 432 g/mol. The van der Waals surface area contributed by atoms with Crippen LogP contribution in [-0.2, 0) is 15.9 Å². The van der Waals surface area contributed by atoms with Gasteiger partial charge in [0, 0.05) is 61.6 Å². The van der Waals surface area contributed by atoms with Crippen molar-refractivity contribution in [3.05, 3.63) is 66.1 Å². The molecular weight excluding hydrogens is 404 g/mol. The highest BCUT2D eigenvalue weighted by Gasteiger charge is 2.24. The van der Waals surface area contributed by atoms with E-state index in [4.69, 9.17) is 9.47 Å². The van der Waals surface area contributed by atoms with Crippen LogP contribution in [0.4, 0.5) is 5.82 Å². The van der Waals surface area contributed by atoms with Crippen molar-refractivity contribution in [1.82, 2.24) is 14.9 Å². The number of fused-ring (bicyclic) bond motifs is 1. The first-order chi connectivity index (χ1) is 15.8. The Labute approximate surface area is 188 Å². The van der Waals surface area contributed by atoms with Gasteiger partial charge in [0.05, 0.1) is 26.4 Å². The van der Waals surface area contributed by atoms with E-state index >= 15 is 0 Å². The summed E-state index contributed by atoms with van der Waals surface area (Å²) in [7, 11) is 0. The number of pyridine rings is 2. The summed E-state index contributed by atoms with van der Waals surface area (Å²) in [6, 6.07) is 12.2. The zero-order valence-corrected chi connectivity index (χ0v) is 18.2. The molecule has 2 aliphatic heterocycles. The van der Waals surface area contributed by atoms with E-state index in [1.54, 1.807) is 6.20 Å². The molecular formula is C25H28N4O3. The van der Waals surface area contributed by atoms with E-state index in [0.29, 0.717) is 45.1 Å². The number of benzene rings is 1. The number of hydrogen-bond acceptors (Lipinski definition) is 6. The van der Waals surface area contributed by atoms with Crippen molar-refractivity contribution in [2.75, 3.05) is 57.5 Å². The first-order valence-corrected chi connectivity index (χ1v) is 11.2. The minimum absolute atomic E-state index is 0.0418. The summed E-state index contributed by atoms with van der Waals surface area (Å²) in [6.45, 7) is 5.48.